The molecule has 0 spiro atoms. The molecule has 2 heteroatoms. The van der Waals surface area contributed by atoms with Crippen molar-refractivity contribution in [3.8, 4) is 0 Å². The second-order valence-corrected chi connectivity index (χ2v) is 4.18. The molecule has 0 unspecified atom stereocenters. The van der Waals surface area contributed by atoms with Gasteiger partial charge in [0, 0.05) is 12.8 Å². The molecule has 1 aliphatic rings. The molecule has 0 amide bonds. The summed E-state index contributed by atoms with van der Waals surface area (Å²) in [5.41, 5.74) is 0.641. The SMILES string of the molecule is O=CC1(c2ccccc2)CCC(=O)CC1. The maximum atomic E-state index is 11.3. The molecule has 78 valence electrons. The summed E-state index contributed by atoms with van der Waals surface area (Å²) < 4.78 is 0. The van der Waals surface area contributed by atoms with Gasteiger partial charge in [0.15, 0.2) is 0 Å². The van der Waals surface area contributed by atoms with E-state index < -0.39 is 5.41 Å². The minimum absolute atomic E-state index is 0.281. The molecule has 0 N–H and O–H groups in total. The zero-order valence-electron chi connectivity index (χ0n) is 8.61. The van der Waals surface area contributed by atoms with Crippen molar-refractivity contribution in [2.24, 2.45) is 0 Å². The van der Waals surface area contributed by atoms with Gasteiger partial charge in [-0.2, -0.15) is 0 Å². The molecule has 0 aliphatic heterocycles. The lowest BCUT2D eigenvalue weighted by molar-refractivity contribution is -0.123. The first-order valence-electron chi connectivity index (χ1n) is 5.30. The molecule has 1 aromatic carbocycles. The lowest BCUT2D eigenvalue weighted by Gasteiger charge is -2.31. The first kappa shape index (κ1) is 10.1. The van der Waals surface area contributed by atoms with E-state index in [1.165, 1.54) is 0 Å². The second kappa shape index (κ2) is 3.97. The third kappa shape index (κ3) is 1.84. The van der Waals surface area contributed by atoms with E-state index in [1.807, 2.05) is 30.3 Å². The largest absolute Gasteiger partial charge is 0.302 e. The fourth-order valence-electron chi connectivity index (χ4n) is 2.22. The van der Waals surface area contributed by atoms with Crippen LogP contribution < -0.4 is 0 Å². The van der Waals surface area contributed by atoms with Crippen LogP contribution in [0, 0.1) is 0 Å². The van der Waals surface area contributed by atoms with E-state index >= 15 is 0 Å². The van der Waals surface area contributed by atoms with Gasteiger partial charge in [-0.25, -0.2) is 0 Å². The van der Waals surface area contributed by atoms with Gasteiger partial charge in [-0.15, -0.1) is 0 Å². The Balaban J connectivity index is 2.30. The first-order valence-corrected chi connectivity index (χ1v) is 5.30. The third-order valence-electron chi connectivity index (χ3n) is 3.27. The van der Waals surface area contributed by atoms with Crippen LogP contribution in [0.25, 0.3) is 0 Å². The highest BCUT2D eigenvalue weighted by molar-refractivity contribution is 5.83. The molecule has 1 fully saturated rings. The summed E-state index contributed by atoms with van der Waals surface area (Å²) in [6.07, 6.45) is 3.43. The van der Waals surface area contributed by atoms with Gasteiger partial charge in [0.05, 0.1) is 5.41 Å². The summed E-state index contributed by atoms with van der Waals surface area (Å²) in [6.45, 7) is 0. The molecule has 2 nitrogen and oxygen atoms in total. The van der Waals surface area contributed by atoms with Gasteiger partial charge < -0.3 is 4.79 Å². The zero-order valence-corrected chi connectivity index (χ0v) is 8.61. The molecule has 0 bridgehead atoms. The third-order valence-corrected chi connectivity index (χ3v) is 3.27. The molecule has 2 rings (SSSR count). The quantitative estimate of drug-likeness (QED) is 0.689. The number of rotatable bonds is 2. The lowest BCUT2D eigenvalue weighted by atomic mass is 9.70. The maximum absolute atomic E-state index is 11.3. The number of benzene rings is 1. The number of hydrogen-bond acceptors (Lipinski definition) is 2. The Kier molecular flexibility index (Phi) is 2.67. The summed E-state index contributed by atoms with van der Waals surface area (Å²) in [5, 5.41) is 0. The summed E-state index contributed by atoms with van der Waals surface area (Å²) >= 11 is 0. The summed E-state index contributed by atoms with van der Waals surface area (Å²) in [4.78, 5) is 22.5. The van der Waals surface area contributed by atoms with Crippen molar-refractivity contribution >= 4 is 12.1 Å². The minimum atomic E-state index is -0.408. The summed E-state index contributed by atoms with van der Waals surface area (Å²) in [6, 6.07) is 9.78. The predicted octanol–water partition coefficient (Wildman–Crippen LogP) is 2.27. The molecule has 0 aromatic heterocycles. The number of Topliss-reactive ketones (excluding diaryl/α,β-unsaturated/α-hetero) is 1. The van der Waals surface area contributed by atoms with Crippen LogP contribution in [-0.2, 0) is 15.0 Å². The molecular weight excluding hydrogens is 188 g/mol. The van der Waals surface area contributed by atoms with Gasteiger partial charge >= 0.3 is 0 Å². The Labute approximate surface area is 89.3 Å². The molecule has 15 heavy (non-hydrogen) atoms. The Morgan fingerprint density at radius 2 is 1.67 bits per heavy atom. The zero-order chi connectivity index (χ0) is 10.7. The van der Waals surface area contributed by atoms with Crippen molar-refractivity contribution in [3.05, 3.63) is 35.9 Å². The van der Waals surface area contributed by atoms with Gasteiger partial charge in [0.1, 0.15) is 12.1 Å². The fourth-order valence-corrected chi connectivity index (χ4v) is 2.22. The highest BCUT2D eigenvalue weighted by Crippen LogP contribution is 2.36. The van der Waals surface area contributed by atoms with Gasteiger partial charge in [-0.1, -0.05) is 30.3 Å². The molecule has 1 aromatic rings. The van der Waals surface area contributed by atoms with E-state index in [0.717, 1.165) is 11.8 Å². The van der Waals surface area contributed by atoms with E-state index in [1.54, 1.807) is 0 Å². The molecule has 0 atom stereocenters. The Hall–Kier alpha value is -1.44. The van der Waals surface area contributed by atoms with Crippen molar-refractivity contribution in [3.63, 3.8) is 0 Å². The van der Waals surface area contributed by atoms with Gasteiger partial charge in [-0.05, 0) is 18.4 Å². The van der Waals surface area contributed by atoms with Crippen LogP contribution in [0.3, 0.4) is 0 Å². The topological polar surface area (TPSA) is 34.1 Å². The highest BCUT2D eigenvalue weighted by atomic mass is 16.1. The van der Waals surface area contributed by atoms with Crippen LogP contribution in [0.2, 0.25) is 0 Å². The van der Waals surface area contributed by atoms with Gasteiger partial charge in [0.25, 0.3) is 0 Å². The molecule has 1 aliphatic carbocycles. The van der Waals surface area contributed by atoms with Crippen molar-refractivity contribution in [2.45, 2.75) is 31.1 Å². The van der Waals surface area contributed by atoms with Crippen LogP contribution >= 0.6 is 0 Å². The average molecular weight is 202 g/mol. The van der Waals surface area contributed by atoms with E-state index in [4.69, 9.17) is 0 Å². The van der Waals surface area contributed by atoms with Crippen molar-refractivity contribution in [2.75, 3.05) is 0 Å². The molecule has 0 radical (unpaired) electrons. The van der Waals surface area contributed by atoms with Gasteiger partial charge in [0.2, 0.25) is 0 Å². The standard InChI is InChI=1S/C13H14O2/c14-10-13(8-6-12(15)7-9-13)11-4-2-1-3-5-11/h1-5,10H,6-9H2. The van der Waals surface area contributed by atoms with E-state index in [9.17, 15) is 9.59 Å². The molecule has 0 saturated heterocycles. The molecule has 0 heterocycles. The predicted molar refractivity (Wildman–Crippen MR) is 57.7 cm³/mol. The Morgan fingerprint density at radius 1 is 1.07 bits per heavy atom. The number of hydrogen-bond donors (Lipinski definition) is 0. The normalized spacial score (nSPS) is 19.9. The smallest absolute Gasteiger partial charge is 0.133 e. The van der Waals surface area contributed by atoms with E-state index in [0.29, 0.717) is 25.7 Å². The van der Waals surface area contributed by atoms with Crippen molar-refractivity contribution < 1.29 is 9.59 Å². The number of carbonyl (C=O) groups is 2. The average Bonchev–Trinajstić information content (AvgIpc) is 2.32. The monoisotopic (exact) mass is 202 g/mol. The minimum Gasteiger partial charge on any atom is -0.302 e. The summed E-state index contributed by atoms with van der Waals surface area (Å²) in [5.74, 6) is 0.281. The van der Waals surface area contributed by atoms with E-state index in [-0.39, 0.29) is 5.78 Å². The van der Waals surface area contributed by atoms with Crippen LogP contribution in [-0.4, -0.2) is 12.1 Å². The maximum Gasteiger partial charge on any atom is 0.133 e. The number of ketones is 1. The van der Waals surface area contributed by atoms with Crippen LogP contribution in [0.4, 0.5) is 0 Å². The first-order chi connectivity index (χ1) is 7.27. The molecule has 1 saturated carbocycles. The Morgan fingerprint density at radius 3 is 2.20 bits per heavy atom. The van der Waals surface area contributed by atoms with Crippen LogP contribution in [0.1, 0.15) is 31.2 Å². The highest BCUT2D eigenvalue weighted by Gasteiger charge is 2.35. The second-order valence-electron chi connectivity index (χ2n) is 4.18. The van der Waals surface area contributed by atoms with Gasteiger partial charge in [-0.3, -0.25) is 4.79 Å². The van der Waals surface area contributed by atoms with Crippen molar-refractivity contribution in [1.82, 2.24) is 0 Å². The lowest BCUT2D eigenvalue weighted by Crippen LogP contribution is -2.33. The van der Waals surface area contributed by atoms with E-state index in [2.05, 4.69) is 0 Å². The van der Waals surface area contributed by atoms with Crippen LogP contribution in [0.5, 0.6) is 0 Å². The summed E-state index contributed by atoms with van der Waals surface area (Å²) in [7, 11) is 0. The molecular formula is C13H14O2. The Bertz CT molecular complexity index is 357. The number of aldehydes is 1. The number of carbonyl (C=O) groups excluding carboxylic acids is 2. The fraction of sp³-hybridized carbons (Fsp3) is 0.385. The van der Waals surface area contributed by atoms with Crippen LogP contribution in [0.15, 0.2) is 30.3 Å². The van der Waals surface area contributed by atoms with Crippen molar-refractivity contribution in [1.29, 1.82) is 0 Å².